The number of nitrogen functional groups attached to an aromatic ring is 1. The average Bonchev–Trinajstić information content (AvgIpc) is 3.14. The van der Waals surface area contributed by atoms with E-state index in [1.54, 1.807) is 0 Å². The van der Waals surface area contributed by atoms with Crippen molar-refractivity contribution in [2.45, 2.75) is 44.1 Å². The summed E-state index contributed by atoms with van der Waals surface area (Å²) in [4.78, 5) is 19.2. The lowest BCUT2D eigenvalue weighted by molar-refractivity contribution is -0.134. The Bertz CT molecular complexity index is 763. The maximum Gasteiger partial charge on any atom is 0.225 e. The topological polar surface area (TPSA) is 68.5 Å². The van der Waals surface area contributed by atoms with Gasteiger partial charge in [-0.25, -0.2) is 0 Å². The first-order valence-corrected chi connectivity index (χ1v) is 9.25. The predicted molar refractivity (Wildman–Crippen MR) is 98.3 cm³/mol. The molecule has 0 spiro atoms. The Balaban J connectivity index is 1.41. The number of para-hydroxylation sites is 1. The number of nitrogens with zero attached hydrogens (tertiary/aromatic N) is 2. The van der Waals surface area contributed by atoms with E-state index in [4.69, 9.17) is 15.5 Å². The third-order valence-electron chi connectivity index (χ3n) is 5.45. The van der Waals surface area contributed by atoms with Crippen molar-refractivity contribution in [3.63, 3.8) is 0 Å². The number of benzene rings is 1. The molecule has 0 radical (unpaired) electrons. The number of hydrogen-bond acceptors (Lipinski definition) is 4. The molecule has 2 fully saturated rings. The molecule has 2 saturated heterocycles. The molecule has 0 aliphatic carbocycles. The number of nitrogens with two attached hydrogens (primary N) is 1. The number of piperidine rings is 1. The number of rotatable bonds is 3. The minimum Gasteiger partial charge on any atom is -0.397 e. The fourth-order valence-corrected chi connectivity index (χ4v) is 4.01. The zero-order chi connectivity index (χ0) is 17.2. The zero-order valence-electron chi connectivity index (χ0n) is 14.5. The van der Waals surface area contributed by atoms with Gasteiger partial charge in [-0.3, -0.25) is 9.78 Å². The van der Waals surface area contributed by atoms with Crippen LogP contribution in [0.4, 0.5) is 5.69 Å². The van der Waals surface area contributed by atoms with Gasteiger partial charge < -0.3 is 15.4 Å². The smallest absolute Gasteiger partial charge is 0.225 e. The lowest BCUT2D eigenvalue weighted by Crippen LogP contribution is -2.39. The summed E-state index contributed by atoms with van der Waals surface area (Å²) in [6.45, 7) is 2.36. The molecule has 1 atom stereocenters. The van der Waals surface area contributed by atoms with Crippen molar-refractivity contribution in [1.82, 2.24) is 9.88 Å². The molecular formula is C20H25N3O2. The highest BCUT2D eigenvalue weighted by Gasteiger charge is 2.28. The van der Waals surface area contributed by atoms with Gasteiger partial charge in [0.25, 0.3) is 0 Å². The third kappa shape index (κ3) is 3.47. The van der Waals surface area contributed by atoms with E-state index in [-0.39, 0.29) is 12.0 Å². The number of ether oxygens (including phenoxy) is 1. The fraction of sp³-hybridized carbons (Fsp3) is 0.500. The summed E-state index contributed by atoms with van der Waals surface area (Å²) < 4.78 is 5.59. The van der Waals surface area contributed by atoms with Crippen LogP contribution in [0.2, 0.25) is 0 Å². The van der Waals surface area contributed by atoms with Crippen molar-refractivity contribution >= 4 is 22.5 Å². The minimum atomic E-state index is 0.128. The van der Waals surface area contributed by atoms with Crippen LogP contribution in [-0.4, -0.2) is 41.6 Å². The molecule has 132 valence electrons. The Labute approximate surface area is 148 Å². The number of likely N-dealkylation sites (tertiary alicyclic amines) is 1. The molecule has 5 heteroatoms. The number of pyridine rings is 1. The van der Waals surface area contributed by atoms with Crippen LogP contribution in [0.5, 0.6) is 0 Å². The molecule has 0 unspecified atom stereocenters. The Kier molecular flexibility index (Phi) is 4.57. The van der Waals surface area contributed by atoms with Gasteiger partial charge in [-0.15, -0.1) is 0 Å². The van der Waals surface area contributed by atoms with E-state index in [9.17, 15) is 4.79 Å². The maximum atomic E-state index is 12.4. The van der Waals surface area contributed by atoms with Crippen LogP contribution in [0, 0.1) is 0 Å². The molecule has 5 nitrogen and oxygen atoms in total. The summed E-state index contributed by atoms with van der Waals surface area (Å²) in [5.41, 5.74) is 9.01. The van der Waals surface area contributed by atoms with Crippen LogP contribution in [0.15, 0.2) is 30.3 Å². The van der Waals surface area contributed by atoms with Crippen molar-refractivity contribution in [3.8, 4) is 0 Å². The van der Waals surface area contributed by atoms with Crippen molar-refractivity contribution in [1.29, 1.82) is 0 Å². The van der Waals surface area contributed by atoms with Crippen LogP contribution in [0.1, 0.15) is 43.7 Å². The van der Waals surface area contributed by atoms with Gasteiger partial charge in [0.15, 0.2) is 0 Å². The number of carbonyl (C=O) groups excluding carboxylic acids is 1. The van der Waals surface area contributed by atoms with Gasteiger partial charge in [-0.1, -0.05) is 18.2 Å². The molecule has 1 aromatic heterocycles. The number of aromatic nitrogens is 1. The normalized spacial score (nSPS) is 21.8. The second kappa shape index (κ2) is 7.00. The summed E-state index contributed by atoms with van der Waals surface area (Å²) in [5, 5.41) is 1.08. The largest absolute Gasteiger partial charge is 0.397 e. The second-order valence-electron chi connectivity index (χ2n) is 7.15. The second-order valence-corrected chi connectivity index (χ2v) is 7.15. The van der Waals surface area contributed by atoms with E-state index in [1.165, 1.54) is 0 Å². The van der Waals surface area contributed by atoms with E-state index in [0.717, 1.165) is 67.7 Å². The van der Waals surface area contributed by atoms with Crippen molar-refractivity contribution in [2.24, 2.45) is 0 Å². The van der Waals surface area contributed by atoms with Crippen LogP contribution in [-0.2, 0) is 9.53 Å². The van der Waals surface area contributed by atoms with Gasteiger partial charge in [0.2, 0.25) is 5.91 Å². The van der Waals surface area contributed by atoms with E-state index in [2.05, 4.69) is 0 Å². The molecule has 2 aliphatic rings. The summed E-state index contributed by atoms with van der Waals surface area (Å²) in [6.07, 6.45) is 4.59. The van der Waals surface area contributed by atoms with Gasteiger partial charge in [0.1, 0.15) is 0 Å². The van der Waals surface area contributed by atoms with Gasteiger partial charge in [-0.05, 0) is 37.8 Å². The van der Waals surface area contributed by atoms with Crippen LogP contribution in [0.3, 0.4) is 0 Å². The quantitative estimate of drug-likeness (QED) is 0.933. The lowest BCUT2D eigenvalue weighted by atomic mass is 9.91. The summed E-state index contributed by atoms with van der Waals surface area (Å²) in [7, 11) is 0. The molecule has 3 heterocycles. The number of amides is 1. The molecule has 0 bridgehead atoms. The highest BCUT2D eigenvalue weighted by atomic mass is 16.5. The van der Waals surface area contributed by atoms with Gasteiger partial charge in [-0.2, -0.15) is 0 Å². The summed E-state index contributed by atoms with van der Waals surface area (Å²) in [5.74, 6) is 0.557. The molecule has 2 N–H and O–H groups in total. The Morgan fingerprint density at radius 1 is 1.24 bits per heavy atom. The van der Waals surface area contributed by atoms with Crippen molar-refractivity contribution in [3.05, 3.63) is 36.0 Å². The van der Waals surface area contributed by atoms with Crippen molar-refractivity contribution in [2.75, 3.05) is 25.4 Å². The highest BCUT2D eigenvalue weighted by molar-refractivity contribution is 5.82. The fourth-order valence-electron chi connectivity index (χ4n) is 4.01. The van der Waals surface area contributed by atoms with Gasteiger partial charge in [0, 0.05) is 31.0 Å². The maximum absolute atomic E-state index is 12.4. The molecule has 4 rings (SSSR count). The van der Waals surface area contributed by atoms with Crippen LogP contribution >= 0.6 is 0 Å². The first-order valence-electron chi connectivity index (χ1n) is 9.25. The molecule has 2 aliphatic heterocycles. The first kappa shape index (κ1) is 16.3. The van der Waals surface area contributed by atoms with Crippen LogP contribution in [0.25, 0.3) is 10.9 Å². The van der Waals surface area contributed by atoms with E-state index in [0.29, 0.717) is 12.3 Å². The van der Waals surface area contributed by atoms with Crippen molar-refractivity contribution < 1.29 is 9.53 Å². The monoisotopic (exact) mass is 339 g/mol. The average molecular weight is 339 g/mol. The van der Waals surface area contributed by atoms with E-state index >= 15 is 0 Å². The first-order chi connectivity index (χ1) is 12.2. The SMILES string of the molecule is Nc1cc2ccccc2nc1C1CCN(C(=O)C[C@H]2CCCO2)CC1. The number of carbonyl (C=O) groups is 1. The van der Waals surface area contributed by atoms with Gasteiger partial charge in [0.05, 0.1) is 29.4 Å². The molecule has 1 amide bonds. The van der Waals surface area contributed by atoms with Crippen LogP contribution < -0.4 is 5.73 Å². The Morgan fingerprint density at radius 3 is 2.80 bits per heavy atom. The summed E-state index contributed by atoms with van der Waals surface area (Å²) in [6, 6.07) is 10.1. The molecule has 1 aromatic carbocycles. The minimum absolute atomic E-state index is 0.128. The summed E-state index contributed by atoms with van der Waals surface area (Å²) >= 11 is 0. The number of hydrogen-bond donors (Lipinski definition) is 1. The highest BCUT2D eigenvalue weighted by Crippen LogP contribution is 2.32. The zero-order valence-corrected chi connectivity index (χ0v) is 14.5. The molecular weight excluding hydrogens is 314 g/mol. The van der Waals surface area contributed by atoms with Gasteiger partial charge >= 0.3 is 0 Å². The molecule has 25 heavy (non-hydrogen) atoms. The Morgan fingerprint density at radius 2 is 2.04 bits per heavy atom. The van der Waals surface area contributed by atoms with E-state index in [1.807, 2.05) is 35.2 Å². The standard InChI is InChI=1S/C20H25N3O2/c21-17-12-15-4-1-2-6-18(15)22-20(17)14-7-9-23(10-8-14)19(24)13-16-5-3-11-25-16/h1-2,4,6,12,14,16H,3,5,7-11,13,21H2/t16-/m1/s1. The molecule has 0 saturated carbocycles. The lowest BCUT2D eigenvalue weighted by Gasteiger charge is -2.32. The molecule has 2 aromatic rings. The number of fused-ring (bicyclic) bond motifs is 1. The third-order valence-corrected chi connectivity index (χ3v) is 5.45. The van der Waals surface area contributed by atoms with E-state index < -0.39 is 0 Å². The number of anilines is 1. The predicted octanol–water partition coefficient (Wildman–Crippen LogP) is 3.09. The Hall–Kier alpha value is -2.14.